The Labute approximate surface area is 179 Å². The number of nitrogens with zero attached hydrogens (tertiary/aromatic N) is 5. The molecule has 0 aliphatic heterocycles. The Morgan fingerprint density at radius 2 is 1.74 bits per heavy atom. The SMILES string of the molecule is Cc1cncc(C(=O)Nc2cccc([C@H](C)Nc3cncc(-c4cncnc4)n3)c2)c1. The summed E-state index contributed by atoms with van der Waals surface area (Å²) in [5, 5.41) is 6.28. The van der Waals surface area contributed by atoms with Gasteiger partial charge in [0.2, 0.25) is 0 Å². The number of pyridine rings is 1. The Balaban J connectivity index is 1.47. The molecule has 3 heterocycles. The van der Waals surface area contributed by atoms with Crippen molar-refractivity contribution in [2.24, 2.45) is 0 Å². The zero-order chi connectivity index (χ0) is 21.6. The molecule has 1 atom stereocenters. The van der Waals surface area contributed by atoms with Crippen molar-refractivity contribution in [3.8, 4) is 11.3 Å². The number of hydrogen-bond donors (Lipinski definition) is 2. The predicted molar refractivity (Wildman–Crippen MR) is 118 cm³/mol. The number of amides is 1. The number of carbonyl (C=O) groups is 1. The van der Waals surface area contributed by atoms with Gasteiger partial charge < -0.3 is 10.6 Å². The van der Waals surface area contributed by atoms with Gasteiger partial charge in [-0.2, -0.15) is 0 Å². The normalized spacial score (nSPS) is 11.5. The molecule has 0 saturated carbocycles. The summed E-state index contributed by atoms with van der Waals surface area (Å²) < 4.78 is 0. The van der Waals surface area contributed by atoms with Crippen molar-refractivity contribution >= 4 is 17.4 Å². The molecular weight excluding hydrogens is 390 g/mol. The molecule has 0 saturated heterocycles. The highest BCUT2D eigenvalue weighted by Crippen LogP contribution is 2.22. The van der Waals surface area contributed by atoms with E-state index in [2.05, 4.69) is 35.6 Å². The van der Waals surface area contributed by atoms with Gasteiger partial charge in [0, 0.05) is 36.0 Å². The Kier molecular flexibility index (Phi) is 5.89. The molecular formula is C23H21N7O. The summed E-state index contributed by atoms with van der Waals surface area (Å²) in [4.78, 5) is 33.5. The molecule has 31 heavy (non-hydrogen) atoms. The molecule has 0 bridgehead atoms. The maximum atomic E-state index is 12.5. The van der Waals surface area contributed by atoms with Gasteiger partial charge in [-0.15, -0.1) is 0 Å². The Bertz CT molecular complexity index is 1200. The molecule has 8 heteroatoms. The van der Waals surface area contributed by atoms with Crippen molar-refractivity contribution in [3.05, 3.63) is 90.5 Å². The highest BCUT2D eigenvalue weighted by molar-refractivity contribution is 6.04. The van der Waals surface area contributed by atoms with Crippen molar-refractivity contribution in [1.29, 1.82) is 0 Å². The van der Waals surface area contributed by atoms with Crippen LogP contribution < -0.4 is 10.6 Å². The number of nitrogens with one attached hydrogen (secondary N) is 2. The molecule has 0 radical (unpaired) electrons. The molecule has 2 N–H and O–H groups in total. The summed E-state index contributed by atoms with van der Waals surface area (Å²) in [5.41, 5.74) is 4.64. The van der Waals surface area contributed by atoms with Gasteiger partial charge in [0.15, 0.2) is 0 Å². The topological polar surface area (TPSA) is 106 Å². The average molecular weight is 411 g/mol. The summed E-state index contributed by atoms with van der Waals surface area (Å²) in [6.45, 7) is 3.92. The second kappa shape index (κ2) is 9.08. The number of benzene rings is 1. The lowest BCUT2D eigenvalue weighted by Crippen LogP contribution is -2.13. The lowest BCUT2D eigenvalue weighted by molar-refractivity contribution is 0.102. The first-order chi connectivity index (χ1) is 15.1. The Morgan fingerprint density at radius 1 is 0.935 bits per heavy atom. The van der Waals surface area contributed by atoms with Crippen LogP contribution in [0, 0.1) is 6.92 Å². The number of anilines is 2. The minimum atomic E-state index is -0.197. The first-order valence-corrected chi connectivity index (χ1v) is 9.75. The van der Waals surface area contributed by atoms with Crippen LogP contribution in [-0.2, 0) is 0 Å². The van der Waals surface area contributed by atoms with Crippen molar-refractivity contribution in [2.75, 3.05) is 10.6 Å². The number of hydrogen-bond acceptors (Lipinski definition) is 7. The van der Waals surface area contributed by atoms with Crippen LogP contribution in [0.4, 0.5) is 11.5 Å². The molecule has 4 aromatic rings. The van der Waals surface area contributed by atoms with E-state index in [-0.39, 0.29) is 11.9 Å². The molecule has 1 amide bonds. The van der Waals surface area contributed by atoms with E-state index < -0.39 is 0 Å². The van der Waals surface area contributed by atoms with Gasteiger partial charge in [-0.1, -0.05) is 12.1 Å². The second-order valence-electron chi connectivity index (χ2n) is 7.11. The van der Waals surface area contributed by atoms with E-state index in [9.17, 15) is 4.79 Å². The van der Waals surface area contributed by atoms with E-state index in [4.69, 9.17) is 0 Å². The highest BCUT2D eigenvalue weighted by atomic mass is 16.1. The zero-order valence-corrected chi connectivity index (χ0v) is 17.1. The van der Waals surface area contributed by atoms with Gasteiger partial charge in [0.05, 0.1) is 29.7 Å². The zero-order valence-electron chi connectivity index (χ0n) is 17.1. The predicted octanol–water partition coefficient (Wildman–Crippen LogP) is 4.06. The summed E-state index contributed by atoms with van der Waals surface area (Å²) in [6, 6.07) is 9.42. The standard InChI is InChI=1S/C23H21N7O/c1-15-6-18(9-24-8-15)23(31)29-20-5-3-4-17(7-20)16(2)28-22-13-25-12-21(30-22)19-10-26-14-27-11-19/h3-14,16H,1-2H3,(H,28,30)(H,29,31)/t16-/m0/s1. The van der Waals surface area contributed by atoms with Gasteiger partial charge in [-0.25, -0.2) is 15.0 Å². The van der Waals surface area contributed by atoms with Gasteiger partial charge in [-0.3, -0.25) is 14.8 Å². The van der Waals surface area contributed by atoms with E-state index in [1.165, 1.54) is 6.33 Å². The number of carbonyl (C=O) groups excluding carboxylic acids is 1. The molecule has 0 spiro atoms. The van der Waals surface area contributed by atoms with Gasteiger partial charge in [0.1, 0.15) is 12.1 Å². The van der Waals surface area contributed by atoms with Crippen LogP contribution in [0.1, 0.15) is 34.5 Å². The Hall–Kier alpha value is -4.20. The largest absolute Gasteiger partial charge is 0.362 e. The van der Waals surface area contributed by atoms with Gasteiger partial charge in [-0.05, 0) is 43.2 Å². The quantitative estimate of drug-likeness (QED) is 0.493. The molecule has 3 aromatic heterocycles. The van der Waals surface area contributed by atoms with Crippen LogP contribution in [0.2, 0.25) is 0 Å². The fourth-order valence-corrected chi connectivity index (χ4v) is 3.08. The molecule has 0 fully saturated rings. The van der Waals surface area contributed by atoms with Gasteiger partial charge >= 0.3 is 0 Å². The molecule has 0 aliphatic rings. The van der Waals surface area contributed by atoms with Crippen molar-refractivity contribution in [2.45, 2.75) is 19.9 Å². The van der Waals surface area contributed by atoms with E-state index in [1.807, 2.05) is 38.1 Å². The van der Waals surface area contributed by atoms with Crippen LogP contribution in [0.3, 0.4) is 0 Å². The molecule has 0 aliphatic carbocycles. The third kappa shape index (κ3) is 5.05. The summed E-state index contributed by atoms with van der Waals surface area (Å²) >= 11 is 0. The van der Waals surface area contributed by atoms with Crippen LogP contribution in [0.25, 0.3) is 11.3 Å². The van der Waals surface area contributed by atoms with E-state index in [0.717, 1.165) is 16.7 Å². The molecule has 0 unspecified atom stereocenters. The fraction of sp³-hybridized carbons (Fsp3) is 0.130. The molecule has 154 valence electrons. The third-order valence-electron chi connectivity index (χ3n) is 4.64. The van der Waals surface area contributed by atoms with E-state index >= 15 is 0 Å². The highest BCUT2D eigenvalue weighted by Gasteiger charge is 2.11. The maximum Gasteiger partial charge on any atom is 0.257 e. The lowest BCUT2D eigenvalue weighted by Gasteiger charge is -2.16. The number of aryl methyl sites for hydroxylation is 1. The third-order valence-corrected chi connectivity index (χ3v) is 4.64. The van der Waals surface area contributed by atoms with Crippen LogP contribution >= 0.6 is 0 Å². The van der Waals surface area contributed by atoms with Crippen LogP contribution in [0.15, 0.2) is 73.8 Å². The van der Waals surface area contributed by atoms with Crippen molar-refractivity contribution in [1.82, 2.24) is 24.9 Å². The minimum absolute atomic E-state index is 0.0611. The maximum absolute atomic E-state index is 12.5. The first kappa shape index (κ1) is 20.1. The average Bonchev–Trinajstić information content (AvgIpc) is 2.80. The summed E-state index contributed by atoms with van der Waals surface area (Å²) in [5.74, 6) is 0.437. The minimum Gasteiger partial charge on any atom is -0.362 e. The lowest BCUT2D eigenvalue weighted by atomic mass is 10.1. The van der Waals surface area contributed by atoms with Crippen molar-refractivity contribution in [3.63, 3.8) is 0 Å². The first-order valence-electron chi connectivity index (χ1n) is 9.75. The molecule has 8 nitrogen and oxygen atoms in total. The number of rotatable bonds is 6. The Morgan fingerprint density at radius 3 is 2.55 bits per heavy atom. The molecule has 1 aromatic carbocycles. The van der Waals surface area contributed by atoms with Gasteiger partial charge in [0.25, 0.3) is 5.91 Å². The molecule has 4 rings (SSSR count). The number of aromatic nitrogens is 5. The summed E-state index contributed by atoms with van der Waals surface area (Å²) in [6.07, 6.45) is 11.5. The summed E-state index contributed by atoms with van der Waals surface area (Å²) in [7, 11) is 0. The smallest absolute Gasteiger partial charge is 0.257 e. The monoisotopic (exact) mass is 411 g/mol. The fourth-order valence-electron chi connectivity index (χ4n) is 3.08. The van der Waals surface area contributed by atoms with E-state index in [0.29, 0.717) is 22.8 Å². The second-order valence-corrected chi connectivity index (χ2v) is 7.11. The van der Waals surface area contributed by atoms with Crippen LogP contribution in [-0.4, -0.2) is 30.8 Å². The van der Waals surface area contributed by atoms with Crippen LogP contribution in [0.5, 0.6) is 0 Å². The van der Waals surface area contributed by atoms with Crippen molar-refractivity contribution < 1.29 is 4.79 Å². The van der Waals surface area contributed by atoms with E-state index in [1.54, 1.807) is 43.2 Å².